The molecule has 0 radical (unpaired) electrons. The first-order chi connectivity index (χ1) is 13.5. The molecule has 3 rings (SSSR count). The van der Waals surface area contributed by atoms with Crippen molar-refractivity contribution < 1.29 is 9.59 Å². The minimum Gasteiger partial charge on any atom is -0.345 e. The Hall–Kier alpha value is -2.66. The van der Waals surface area contributed by atoms with E-state index in [-0.39, 0.29) is 17.9 Å². The zero-order valence-electron chi connectivity index (χ0n) is 16.7. The molecule has 0 aliphatic carbocycles. The second-order valence-electron chi connectivity index (χ2n) is 7.65. The summed E-state index contributed by atoms with van der Waals surface area (Å²) in [6.45, 7) is 4.02. The molecule has 1 fully saturated rings. The first kappa shape index (κ1) is 20.1. The molecule has 2 N–H and O–H groups in total. The molecule has 5 nitrogen and oxygen atoms in total. The normalized spacial score (nSPS) is 16.4. The van der Waals surface area contributed by atoms with Gasteiger partial charge in [0.25, 0.3) is 5.91 Å². The minimum absolute atomic E-state index is 0.0223. The lowest BCUT2D eigenvalue weighted by atomic mass is 9.93. The summed E-state index contributed by atoms with van der Waals surface area (Å²) in [5.74, 6) is 0.202. The summed E-state index contributed by atoms with van der Waals surface area (Å²) in [5.41, 5.74) is 2.10. The molecule has 0 aromatic heterocycles. The van der Waals surface area contributed by atoms with E-state index in [9.17, 15) is 9.59 Å². The lowest BCUT2D eigenvalue weighted by Crippen LogP contribution is -2.32. The van der Waals surface area contributed by atoms with Crippen molar-refractivity contribution in [2.45, 2.75) is 32.2 Å². The summed E-state index contributed by atoms with van der Waals surface area (Å²) in [6.07, 6.45) is 2.59. The summed E-state index contributed by atoms with van der Waals surface area (Å²) in [7, 11) is 2.11. The predicted molar refractivity (Wildman–Crippen MR) is 112 cm³/mol. The zero-order valence-corrected chi connectivity index (χ0v) is 16.7. The Kier molecular flexibility index (Phi) is 6.82. The van der Waals surface area contributed by atoms with Crippen LogP contribution in [0.5, 0.6) is 0 Å². The van der Waals surface area contributed by atoms with Gasteiger partial charge in [0.05, 0.1) is 17.3 Å². The van der Waals surface area contributed by atoms with Crippen molar-refractivity contribution in [2.75, 3.05) is 25.5 Å². The summed E-state index contributed by atoms with van der Waals surface area (Å²) in [4.78, 5) is 27.6. The Balaban J connectivity index is 1.62. The van der Waals surface area contributed by atoms with Crippen LogP contribution in [0.3, 0.4) is 0 Å². The number of nitrogens with one attached hydrogen (secondary N) is 2. The highest BCUT2D eigenvalue weighted by Gasteiger charge is 2.21. The van der Waals surface area contributed by atoms with Gasteiger partial charge in [0, 0.05) is 6.42 Å². The van der Waals surface area contributed by atoms with E-state index in [4.69, 9.17) is 0 Å². The van der Waals surface area contributed by atoms with Crippen molar-refractivity contribution >= 4 is 17.5 Å². The number of hydrogen-bond donors (Lipinski definition) is 2. The van der Waals surface area contributed by atoms with Crippen molar-refractivity contribution in [2.24, 2.45) is 5.92 Å². The molecular formula is C23H29N3O2. The number of hydrogen-bond acceptors (Lipinski definition) is 3. The highest BCUT2D eigenvalue weighted by atomic mass is 16.2. The maximum absolute atomic E-state index is 12.8. The molecule has 1 aliphatic heterocycles. The van der Waals surface area contributed by atoms with Crippen LogP contribution in [0, 0.1) is 5.92 Å². The first-order valence-corrected chi connectivity index (χ1v) is 9.96. The Morgan fingerprint density at radius 1 is 1.04 bits per heavy atom. The smallest absolute Gasteiger partial charge is 0.253 e. The molecule has 0 saturated carbocycles. The fraction of sp³-hybridized carbons (Fsp3) is 0.391. The number of anilines is 1. The molecule has 148 valence electrons. The van der Waals surface area contributed by atoms with Crippen LogP contribution in [0.2, 0.25) is 0 Å². The number of carbonyl (C=O) groups excluding carboxylic acids is 2. The zero-order chi connectivity index (χ0) is 19.9. The van der Waals surface area contributed by atoms with E-state index in [2.05, 4.69) is 22.6 Å². The number of para-hydroxylation sites is 1. The number of rotatable bonds is 6. The lowest BCUT2D eigenvalue weighted by Gasteiger charge is -2.28. The molecule has 0 spiro atoms. The van der Waals surface area contributed by atoms with Gasteiger partial charge in [-0.25, -0.2) is 0 Å². The van der Waals surface area contributed by atoms with Gasteiger partial charge in [-0.2, -0.15) is 0 Å². The van der Waals surface area contributed by atoms with E-state index >= 15 is 0 Å². The molecule has 5 heteroatoms. The van der Waals surface area contributed by atoms with Crippen LogP contribution in [-0.2, 0) is 4.79 Å². The van der Waals surface area contributed by atoms with E-state index in [1.807, 2.05) is 49.4 Å². The van der Waals surface area contributed by atoms with Crippen LogP contribution in [0.15, 0.2) is 54.6 Å². The third kappa shape index (κ3) is 5.42. The molecule has 0 unspecified atom stereocenters. The summed E-state index contributed by atoms with van der Waals surface area (Å²) in [6, 6.07) is 16.9. The molecule has 2 aromatic rings. The molecule has 1 atom stereocenters. The van der Waals surface area contributed by atoms with Crippen LogP contribution in [0.4, 0.5) is 5.69 Å². The number of piperidine rings is 1. The fourth-order valence-electron chi connectivity index (χ4n) is 3.62. The number of amides is 2. The SMILES string of the molecule is C[C@@H](NC(=O)c1ccccc1NC(=O)CC1CCN(C)CC1)c1ccccc1. The van der Waals surface area contributed by atoms with Crippen molar-refractivity contribution in [3.63, 3.8) is 0 Å². The van der Waals surface area contributed by atoms with Crippen LogP contribution in [-0.4, -0.2) is 36.9 Å². The topological polar surface area (TPSA) is 61.4 Å². The maximum atomic E-state index is 12.8. The predicted octanol–water partition coefficient (Wildman–Crippen LogP) is 3.85. The largest absolute Gasteiger partial charge is 0.345 e. The summed E-state index contributed by atoms with van der Waals surface area (Å²) in [5, 5.41) is 5.97. The van der Waals surface area contributed by atoms with Gasteiger partial charge in [0.15, 0.2) is 0 Å². The van der Waals surface area contributed by atoms with E-state index < -0.39 is 0 Å². The van der Waals surface area contributed by atoms with Gasteiger partial charge in [-0.15, -0.1) is 0 Å². The minimum atomic E-state index is -0.188. The maximum Gasteiger partial charge on any atom is 0.253 e. The van der Waals surface area contributed by atoms with E-state index in [1.54, 1.807) is 12.1 Å². The van der Waals surface area contributed by atoms with E-state index in [0.29, 0.717) is 23.6 Å². The number of carbonyl (C=O) groups is 2. The van der Waals surface area contributed by atoms with Gasteiger partial charge in [-0.1, -0.05) is 42.5 Å². The molecule has 1 saturated heterocycles. The van der Waals surface area contributed by atoms with E-state index in [1.165, 1.54) is 0 Å². The Labute approximate surface area is 167 Å². The molecule has 1 aliphatic rings. The summed E-state index contributed by atoms with van der Waals surface area (Å²) < 4.78 is 0. The quantitative estimate of drug-likeness (QED) is 0.801. The van der Waals surface area contributed by atoms with Crippen LogP contribution >= 0.6 is 0 Å². The second-order valence-corrected chi connectivity index (χ2v) is 7.65. The number of likely N-dealkylation sites (tertiary alicyclic amines) is 1. The molecule has 2 aromatic carbocycles. The van der Waals surface area contributed by atoms with Crippen LogP contribution < -0.4 is 10.6 Å². The molecule has 28 heavy (non-hydrogen) atoms. The second kappa shape index (κ2) is 9.51. The van der Waals surface area contributed by atoms with Crippen LogP contribution in [0.1, 0.15) is 48.1 Å². The highest BCUT2D eigenvalue weighted by Crippen LogP contribution is 2.22. The average molecular weight is 380 g/mol. The first-order valence-electron chi connectivity index (χ1n) is 9.96. The standard InChI is InChI=1S/C23H29N3O2/c1-17(19-8-4-3-5-9-19)24-23(28)20-10-6-7-11-21(20)25-22(27)16-18-12-14-26(2)15-13-18/h3-11,17-18H,12-16H2,1-2H3,(H,24,28)(H,25,27)/t17-/m1/s1. The van der Waals surface area contributed by atoms with Gasteiger partial charge in [-0.05, 0) is 63.5 Å². The highest BCUT2D eigenvalue weighted by molar-refractivity contribution is 6.03. The van der Waals surface area contributed by atoms with Crippen molar-refractivity contribution in [1.82, 2.24) is 10.2 Å². The molecular weight excluding hydrogens is 350 g/mol. The van der Waals surface area contributed by atoms with Crippen molar-refractivity contribution in [3.8, 4) is 0 Å². The third-order valence-corrected chi connectivity index (χ3v) is 5.41. The van der Waals surface area contributed by atoms with Gasteiger partial charge in [-0.3, -0.25) is 9.59 Å². The van der Waals surface area contributed by atoms with Crippen molar-refractivity contribution in [1.29, 1.82) is 0 Å². The van der Waals surface area contributed by atoms with Gasteiger partial charge >= 0.3 is 0 Å². The monoisotopic (exact) mass is 379 g/mol. The summed E-state index contributed by atoms with van der Waals surface area (Å²) >= 11 is 0. The lowest BCUT2D eigenvalue weighted by molar-refractivity contribution is -0.117. The third-order valence-electron chi connectivity index (χ3n) is 5.41. The van der Waals surface area contributed by atoms with Gasteiger partial charge in [0.1, 0.15) is 0 Å². The van der Waals surface area contributed by atoms with E-state index in [0.717, 1.165) is 31.5 Å². The Morgan fingerprint density at radius 2 is 1.68 bits per heavy atom. The molecule has 1 heterocycles. The van der Waals surface area contributed by atoms with Crippen molar-refractivity contribution in [3.05, 3.63) is 65.7 Å². The number of nitrogens with zero attached hydrogens (tertiary/aromatic N) is 1. The molecule has 2 amide bonds. The van der Waals surface area contributed by atoms with Crippen LogP contribution in [0.25, 0.3) is 0 Å². The Bertz CT molecular complexity index is 799. The molecule has 0 bridgehead atoms. The average Bonchev–Trinajstić information content (AvgIpc) is 2.70. The number of benzene rings is 2. The Morgan fingerprint density at radius 3 is 2.39 bits per heavy atom. The fourth-order valence-corrected chi connectivity index (χ4v) is 3.62. The van der Waals surface area contributed by atoms with Gasteiger partial charge < -0.3 is 15.5 Å². The van der Waals surface area contributed by atoms with Gasteiger partial charge in [0.2, 0.25) is 5.91 Å².